The monoisotopic (exact) mass is 250 g/mol. The number of benzene rings is 1. The summed E-state index contributed by atoms with van der Waals surface area (Å²) in [6.45, 7) is 3.73. The Morgan fingerprint density at radius 2 is 2.11 bits per heavy atom. The third-order valence-electron chi connectivity index (χ3n) is 2.63. The number of unbranched alkanes of at least 4 members (excludes halogenated alkanes) is 1. The van der Waals surface area contributed by atoms with E-state index in [2.05, 4.69) is 12.2 Å². The van der Waals surface area contributed by atoms with E-state index in [9.17, 15) is 4.79 Å². The summed E-state index contributed by atoms with van der Waals surface area (Å²) in [4.78, 5) is 11.7. The molecular formula is C14H22N2O2. The number of rotatable bonds is 8. The molecule has 0 heterocycles. The zero-order valence-corrected chi connectivity index (χ0v) is 10.9. The lowest BCUT2D eigenvalue weighted by atomic mass is 10.2. The number of carbonyl (C=O) groups excluding carboxylic acids is 1. The minimum absolute atomic E-state index is 0.0348. The van der Waals surface area contributed by atoms with Gasteiger partial charge in [-0.3, -0.25) is 4.79 Å². The average Bonchev–Trinajstić information content (AvgIpc) is 2.39. The van der Waals surface area contributed by atoms with Crippen LogP contribution in [0.4, 0.5) is 5.69 Å². The molecule has 1 rings (SSSR count). The molecule has 0 saturated carbocycles. The third kappa shape index (κ3) is 5.29. The van der Waals surface area contributed by atoms with Crippen LogP contribution in [0.15, 0.2) is 24.3 Å². The van der Waals surface area contributed by atoms with Crippen molar-refractivity contribution in [1.82, 2.24) is 0 Å². The highest BCUT2D eigenvalue weighted by atomic mass is 16.5. The quantitative estimate of drug-likeness (QED) is 0.696. The van der Waals surface area contributed by atoms with Crippen LogP contribution in [0.2, 0.25) is 0 Å². The first kappa shape index (κ1) is 14.7. The van der Waals surface area contributed by atoms with Crippen molar-refractivity contribution < 1.29 is 9.53 Å². The lowest BCUT2D eigenvalue weighted by Gasteiger charge is -2.09. The summed E-state index contributed by atoms with van der Waals surface area (Å²) in [7, 11) is 0. The molecule has 4 heteroatoms. The maximum atomic E-state index is 11.7. The standard InChI is InChI=1S/C14H22N2O2/c1-2-3-9-18-10-8-14(17)16-13-7-5-4-6-12(13)11-15/h4-7H,2-3,8-11,15H2,1H3,(H,16,17). The fraction of sp³-hybridized carbons (Fsp3) is 0.500. The van der Waals surface area contributed by atoms with Crippen LogP contribution in [0.3, 0.4) is 0 Å². The summed E-state index contributed by atoms with van der Waals surface area (Å²) in [5.74, 6) is -0.0348. The number of anilines is 1. The second-order valence-corrected chi connectivity index (χ2v) is 4.13. The molecule has 0 aliphatic carbocycles. The Balaban J connectivity index is 2.31. The summed E-state index contributed by atoms with van der Waals surface area (Å²) < 4.78 is 5.35. The molecule has 4 nitrogen and oxygen atoms in total. The number of para-hydroxylation sites is 1. The average molecular weight is 250 g/mol. The minimum atomic E-state index is -0.0348. The van der Waals surface area contributed by atoms with Crippen molar-refractivity contribution in [2.45, 2.75) is 32.7 Å². The normalized spacial score (nSPS) is 10.3. The van der Waals surface area contributed by atoms with Gasteiger partial charge in [-0.1, -0.05) is 31.5 Å². The maximum absolute atomic E-state index is 11.7. The van der Waals surface area contributed by atoms with Crippen molar-refractivity contribution in [2.24, 2.45) is 5.73 Å². The van der Waals surface area contributed by atoms with Crippen LogP contribution >= 0.6 is 0 Å². The minimum Gasteiger partial charge on any atom is -0.381 e. The highest BCUT2D eigenvalue weighted by Crippen LogP contribution is 2.14. The number of nitrogens with one attached hydrogen (secondary N) is 1. The Kier molecular flexibility index (Phi) is 7.06. The highest BCUT2D eigenvalue weighted by molar-refractivity contribution is 5.91. The van der Waals surface area contributed by atoms with E-state index < -0.39 is 0 Å². The molecule has 0 fully saturated rings. The van der Waals surface area contributed by atoms with E-state index in [0.29, 0.717) is 19.6 Å². The molecule has 1 amide bonds. The Morgan fingerprint density at radius 3 is 2.83 bits per heavy atom. The van der Waals surface area contributed by atoms with Crippen molar-refractivity contribution in [1.29, 1.82) is 0 Å². The smallest absolute Gasteiger partial charge is 0.226 e. The molecule has 18 heavy (non-hydrogen) atoms. The largest absolute Gasteiger partial charge is 0.381 e. The van der Waals surface area contributed by atoms with Crippen molar-refractivity contribution in [3.05, 3.63) is 29.8 Å². The van der Waals surface area contributed by atoms with Crippen molar-refractivity contribution in [3.63, 3.8) is 0 Å². The molecule has 0 radical (unpaired) electrons. The van der Waals surface area contributed by atoms with Gasteiger partial charge in [0.05, 0.1) is 13.0 Å². The van der Waals surface area contributed by atoms with Gasteiger partial charge in [-0.05, 0) is 18.1 Å². The molecule has 0 atom stereocenters. The van der Waals surface area contributed by atoms with Gasteiger partial charge in [0.25, 0.3) is 0 Å². The fourth-order valence-electron chi connectivity index (χ4n) is 1.55. The van der Waals surface area contributed by atoms with E-state index in [1.807, 2.05) is 24.3 Å². The summed E-state index contributed by atoms with van der Waals surface area (Å²) in [6, 6.07) is 7.56. The van der Waals surface area contributed by atoms with Gasteiger partial charge in [-0.15, -0.1) is 0 Å². The number of hydrogen-bond acceptors (Lipinski definition) is 3. The number of nitrogens with two attached hydrogens (primary N) is 1. The first-order chi connectivity index (χ1) is 8.77. The molecule has 1 aromatic carbocycles. The van der Waals surface area contributed by atoms with Crippen LogP contribution in [0.5, 0.6) is 0 Å². The number of carbonyl (C=O) groups is 1. The Hall–Kier alpha value is -1.39. The first-order valence-electron chi connectivity index (χ1n) is 6.43. The van der Waals surface area contributed by atoms with E-state index in [0.717, 1.165) is 30.7 Å². The van der Waals surface area contributed by atoms with Gasteiger partial charge in [0.15, 0.2) is 0 Å². The molecule has 0 aromatic heterocycles. The molecular weight excluding hydrogens is 228 g/mol. The topological polar surface area (TPSA) is 64.3 Å². The summed E-state index contributed by atoms with van der Waals surface area (Å²) in [6.07, 6.45) is 2.52. The summed E-state index contributed by atoms with van der Waals surface area (Å²) in [5.41, 5.74) is 7.34. The molecule has 0 saturated heterocycles. The number of ether oxygens (including phenoxy) is 1. The molecule has 1 aromatic rings. The number of hydrogen-bond donors (Lipinski definition) is 2. The Bertz CT molecular complexity index is 367. The van der Waals surface area contributed by atoms with E-state index >= 15 is 0 Å². The van der Waals surface area contributed by atoms with Crippen LogP contribution in [-0.4, -0.2) is 19.1 Å². The second kappa shape index (κ2) is 8.66. The molecule has 0 aliphatic rings. The summed E-state index contributed by atoms with van der Waals surface area (Å²) >= 11 is 0. The van der Waals surface area contributed by atoms with E-state index in [-0.39, 0.29) is 5.91 Å². The predicted molar refractivity (Wildman–Crippen MR) is 73.3 cm³/mol. The fourth-order valence-corrected chi connectivity index (χ4v) is 1.55. The van der Waals surface area contributed by atoms with Gasteiger partial charge >= 0.3 is 0 Å². The van der Waals surface area contributed by atoms with Gasteiger partial charge in [-0.25, -0.2) is 0 Å². The maximum Gasteiger partial charge on any atom is 0.226 e. The van der Waals surface area contributed by atoms with Gasteiger partial charge in [0, 0.05) is 18.8 Å². The van der Waals surface area contributed by atoms with Crippen LogP contribution in [0.25, 0.3) is 0 Å². The zero-order chi connectivity index (χ0) is 13.2. The molecule has 0 aliphatic heterocycles. The molecule has 0 bridgehead atoms. The number of amides is 1. The van der Waals surface area contributed by atoms with Crippen molar-refractivity contribution in [2.75, 3.05) is 18.5 Å². The SMILES string of the molecule is CCCCOCCC(=O)Nc1ccccc1CN. The molecule has 0 spiro atoms. The van der Waals surface area contributed by atoms with Gasteiger partial charge in [-0.2, -0.15) is 0 Å². The second-order valence-electron chi connectivity index (χ2n) is 4.13. The van der Waals surface area contributed by atoms with Gasteiger partial charge in [0.2, 0.25) is 5.91 Å². The van der Waals surface area contributed by atoms with E-state index in [4.69, 9.17) is 10.5 Å². The van der Waals surface area contributed by atoms with Crippen LogP contribution in [0.1, 0.15) is 31.7 Å². The van der Waals surface area contributed by atoms with Gasteiger partial charge < -0.3 is 15.8 Å². The van der Waals surface area contributed by atoms with Crippen LogP contribution < -0.4 is 11.1 Å². The molecule has 0 unspecified atom stereocenters. The Morgan fingerprint density at radius 1 is 1.33 bits per heavy atom. The molecule has 3 N–H and O–H groups in total. The van der Waals surface area contributed by atoms with Crippen LogP contribution in [0, 0.1) is 0 Å². The summed E-state index contributed by atoms with van der Waals surface area (Å²) in [5, 5.41) is 2.85. The predicted octanol–water partition coefficient (Wildman–Crippen LogP) is 2.29. The van der Waals surface area contributed by atoms with E-state index in [1.165, 1.54) is 0 Å². The third-order valence-corrected chi connectivity index (χ3v) is 2.63. The zero-order valence-electron chi connectivity index (χ0n) is 10.9. The lowest BCUT2D eigenvalue weighted by molar-refractivity contribution is -0.117. The van der Waals surface area contributed by atoms with Gasteiger partial charge in [0.1, 0.15) is 0 Å². The Labute approximate surface area is 109 Å². The van der Waals surface area contributed by atoms with Crippen LogP contribution in [-0.2, 0) is 16.1 Å². The van der Waals surface area contributed by atoms with E-state index in [1.54, 1.807) is 0 Å². The lowest BCUT2D eigenvalue weighted by Crippen LogP contribution is -2.16. The van der Waals surface area contributed by atoms with Crippen molar-refractivity contribution in [3.8, 4) is 0 Å². The first-order valence-corrected chi connectivity index (χ1v) is 6.43. The molecule has 100 valence electrons. The van der Waals surface area contributed by atoms with Crippen molar-refractivity contribution >= 4 is 11.6 Å². The highest BCUT2D eigenvalue weighted by Gasteiger charge is 2.05.